The van der Waals surface area contributed by atoms with Crippen LogP contribution in [0, 0.1) is 0 Å². The van der Waals surface area contributed by atoms with E-state index in [2.05, 4.69) is 40.7 Å². The van der Waals surface area contributed by atoms with Crippen molar-refractivity contribution in [3.63, 3.8) is 0 Å². The quantitative estimate of drug-likeness (QED) is 0.569. The standard InChI is InChI=1S/C19H28N4O2/c1-5-20-19(22-13-17-12-18(14(2)3)23-25-17)21-10-9-15-7-6-8-16(11-15)24-4/h6-8,11-12,14H,5,9-10,13H2,1-4H3,(H2,20,21,22). The first-order valence-electron chi connectivity index (χ1n) is 8.73. The summed E-state index contributed by atoms with van der Waals surface area (Å²) in [5, 5.41) is 10.6. The van der Waals surface area contributed by atoms with Gasteiger partial charge in [-0.2, -0.15) is 0 Å². The topological polar surface area (TPSA) is 71.7 Å². The zero-order chi connectivity index (χ0) is 18.1. The van der Waals surface area contributed by atoms with E-state index >= 15 is 0 Å². The number of hydrogen-bond donors (Lipinski definition) is 2. The predicted molar refractivity (Wildman–Crippen MR) is 100 cm³/mol. The number of aromatic nitrogens is 1. The van der Waals surface area contributed by atoms with Crippen LogP contribution in [0.5, 0.6) is 5.75 Å². The van der Waals surface area contributed by atoms with Gasteiger partial charge in [0.2, 0.25) is 0 Å². The highest BCUT2D eigenvalue weighted by Crippen LogP contribution is 2.14. The van der Waals surface area contributed by atoms with Crippen LogP contribution in [-0.2, 0) is 13.0 Å². The summed E-state index contributed by atoms with van der Waals surface area (Å²) in [5.41, 5.74) is 2.18. The van der Waals surface area contributed by atoms with Gasteiger partial charge in [0.1, 0.15) is 12.3 Å². The average molecular weight is 344 g/mol. The highest BCUT2D eigenvalue weighted by atomic mass is 16.5. The number of benzene rings is 1. The molecule has 0 aliphatic heterocycles. The van der Waals surface area contributed by atoms with Crippen molar-refractivity contribution in [2.75, 3.05) is 20.2 Å². The molecule has 6 nitrogen and oxygen atoms in total. The van der Waals surface area contributed by atoms with E-state index in [1.54, 1.807) is 7.11 Å². The van der Waals surface area contributed by atoms with Crippen LogP contribution in [0.1, 0.15) is 43.7 Å². The van der Waals surface area contributed by atoms with Crippen LogP contribution in [-0.4, -0.2) is 31.3 Å². The Labute approximate surface area is 149 Å². The molecule has 25 heavy (non-hydrogen) atoms. The third-order valence-electron chi connectivity index (χ3n) is 3.75. The number of guanidine groups is 1. The lowest BCUT2D eigenvalue weighted by Gasteiger charge is -2.11. The van der Waals surface area contributed by atoms with Gasteiger partial charge >= 0.3 is 0 Å². The van der Waals surface area contributed by atoms with E-state index < -0.39 is 0 Å². The summed E-state index contributed by atoms with van der Waals surface area (Å²) in [6.45, 7) is 8.29. The van der Waals surface area contributed by atoms with Gasteiger partial charge in [-0.1, -0.05) is 31.1 Å². The molecule has 2 aromatic rings. The fraction of sp³-hybridized carbons (Fsp3) is 0.474. The molecular weight excluding hydrogens is 316 g/mol. The van der Waals surface area contributed by atoms with Gasteiger partial charge < -0.3 is 19.9 Å². The molecule has 0 amide bonds. The fourth-order valence-corrected chi connectivity index (χ4v) is 2.33. The zero-order valence-electron chi connectivity index (χ0n) is 15.5. The van der Waals surface area contributed by atoms with Crippen molar-refractivity contribution in [1.82, 2.24) is 15.8 Å². The second-order valence-electron chi connectivity index (χ2n) is 6.10. The lowest BCUT2D eigenvalue weighted by molar-refractivity contribution is 0.376. The summed E-state index contributed by atoms with van der Waals surface area (Å²) in [4.78, 5) is 4.56. The first-order chi connectivity index (χ1) is 12.1. The first kappa shape index (κ1) is 18.8. The van der Waals surface area contributed by atoms with E-state index in [4.69, 9.17) is 9.26 Å². The third-order valence-corrected chi connectivity index (χ3v) is 3.75. The van der Waals surface area contributed by atoms with Crippen LogP contribution >= 0.6 is 0 Å². The summed E-state index contributed by atoms with van der Waals surface area (Å²) < 4.78 is 10.6. The van der Waals surface area contributed by atoms with Crippen LogP contribution in [0.25, 0.3) is 0 Å². The van der Waals surface area contributed by atoms with Crippen LogP contribution in [0.3, 0.4) is 0 Å². The van der Waals surface area contributed by atoms with Crippen molar-refractivity contribution in [1.29, 1.82) is 0 Å². The molecule has 0 aliphatic carbocycles. The Morgan fingerprint density at radius 3 is 2.80 bits per heavy atom. The number of nitrogens with one attached hydrogen (secondary N) is 2. The van der Waals surface area contributed by atoms with Crippen molar-refractivity contribution in [3.05, 3.63) is 47.3 Å². The number of rotatable bonds is 8. The largest absolute Gasteiger partial charge is 0.497 e. The predicted octanol–water partition coefficient (Wildman–Crippen LogP) is 3.10. The number of aliphatic imine (C=N–C) groups is 1. The van der Waals surface area contributed by atoms with Gasteiger partial charge in [-0.3, -0.25) is 0 Å². The Morgan fingerprint density at radius 1 is 1.28 bits per heavy atom. The van der Waals surface area contributed by atoms with Gasteiger partial charge in [-0.05, 0) is 37.0 Å². The molecule has 6 heteroatoms. The highest BCUT2D eigenvalue weighted by Gasteiger charge is 2.07. The normalized spacial score (nSPS) is 11.6. The maximum Gasteiger partial charge on any atom is 0.191 e. The molecule has 2 N–H and O–H groups in total. The second-order valence-corrected chi connectivity index (χ2v) is 6.10. The molecule has 0 spiro atoms. The molecule has 0 atom stereocenters. The molecule has 0 saturated heterocycles. The fourth-order valence-electron chi connectivity index (χ4n) is 2.33. The van der Waals surface area contributed by atoms with Gasteiger partial charge in [0, 0.05) is 19.2 Å². The zero-order valence-corrected chi connectivity index (χ0v) is 15.5. The summed E-state index contributed by atoms with van der Waals surface area (Å²) in [6, 6.07) is 10.1. The van der Waals surface area contributed by atoms with Gasteiger partial charge in [-0.15, -0.1) is 0 Å². The molecule has 1 heterocycles. The summed E-state index contributed by atoms with van der Waals surface area (Å²) >= 11 is 0. The van der Waals surface area contributed by atoms with E-state index in [1.165, 1.54) is 5.56 Å². The minimum atomic E-state index is 0.357. The molecule has 0 radical (unpaired) electrons. The Hall–Kier alpha value is -2.50. The van der Waals surface area contributed by atoms with E-state index in [0.717, 1.165) is 42.7 Å². The monoisotopic (exact) mass is 344 g/mol. The van der Waals surface area contributed by atoms with Gasteiger partial charge in [0.25, 0.3) is 0 Å². The minimum Gasteiger partial charge on any atom is -0.497 e. The number of ether oxygens (including phenoxy) is 1. The summed E-state index contributed by atoms with van der Waals surface area (Å²) in [6.07, 6.45) is 0.890. The number of methoxy groups -OCH3 is 1. The van der Waals surface area contributed by atoms with Crippen molar-refractivity contribution >= 4 is 5.96 Å². The molecule has 0 saturated carbocycles. The molecule has 0 fully saturated rings. The third kappa shape index (κ3) is 6.14. The Morgan fingerprint density at radius 2 is 2.12 bits per heavy atom. The minimum absolute atomic E-state index is 0.357. The molecular formula is C19H28N4O2. The molecule has 0 unspecified atom stereocenters. The first-order valence-corrected chi connectivity index (χ1v) is 8.73. The van der Waals surface area contributed by atoms with Crippen molar-refractivity contribution in [2.45, 2.75) is 39.7 Å². The second kappa shape index (κ2) is 9.71. The van der Waals surface area contributed by atoms with Crippen molar-refractivity contribution < 1.29 is 9.26 Å². The van der Waals surface area contributed by atoms with Gasteiger partial charge in [0.15, 0.2) is 11.7 Å². The van der Waals surface area contributed by atoms with Crippen LogP contribution in [0.4, 0.5) is 0 Å². The highest BCUT2D eigenvalue weighted by molar-refractivity contribution is 5.79. The maximum atomic E-state index is 5.33. The molecule has 2 rings (SSSR count). The maximum absolute atomic E-state index is 5.33. The molecule has 0 aliphatic rings. The van der Waals surface area contributed by atoms with Gasteiger partial charge in [-0.25, -0.2) is 4.99 Å². The molecule has 1 aromatic heterocycles. The number of hydrogen-bond acceptors (Lipinski definition) is 4. The van der Waals surface area contributed by atoms with Crippen LogP contribution in [0.2, 0.25) is 0 Å². The van der Waals surface area contributed by atoms with Crippen LogP contribution in [0.15, 0.2) is 39.8 Å². The lowest BCUT2D eigenvalue weighted by Crippen LogP contribution is -2.38. The molecule has 136 valence electrons. The summed E-state index contributed by atoms with van der Waals surface area (Å²) in [5.74, 6) is 2.78. The molecule has 0 bridgehead atoms. The Balaban J connectivity index is 1.88. The SMILES string of the molecule is CCNC(=NCc1cc(C(C)C)no1)NCCc1cccc(OC)c1. The number of nitrogens with zero attached hydrogens (tertiary/aromatic N) is 2. The van der Waals surface area contributed by atoms with E-state index in [0.29, 0.717) is 12.5 Å². The van der Waals surface area contributed by atoms with Crippen molar-refractivity contribution in [3.8, 4) is 5.75 Å². The van der Waals surface area contributed by atoms with E-state index in [-0.39, 0.29) is 0 Å². The van der Waals surface area contributed by atoms with Gasteiger partial charge in [0.05, 0.1) is 12.8 Å². The Kier molecular flexibility index (Phi) is 7.32. The lowest BCUT2D eigenvalue weighted by atomic mass is 10.1. The van der Waals surface area contributed by atoms with Crippen molar-refractivity contribution in [2.24, 2.45) is 4.99 Å². The molecule has 1 aromatic carbocycles. The average Bonchev–Trinajstić information content (AvgIpc) is 3.09. The van der Waals surface area contributed by atoms with E-state index in [1.807, 2.05) is 31.2 Å². The Bertz CT molecular complexity index is 680. The van der Waals surface area contributed by atoms with E-state index in [9.17, 15) is 0 Å². The van der Waals surface area contributed by atoms with Crippen LogP contribution < -0.4 is 15.4 Å². The smallest absolute Gasteiger partial charge is 0.191 e. The summed E-state index contributed by atoms with van der Waals surface area (Å²) in [7, 11) is 1.68.